The first kappa shape index (κ1) is 10.7. The Balaban J connectivity index is 2.44. The third-order valence-electron chi connectivity index (χ3n) is 3.30. The van der Waals surface area contributed by atoms with Crippen molar-refractivity contribution in [2.24, 2.45) is 0 Å². The molecule has 1 unspecified atom stereocenters. The molecule has 0 aromatic heterocycles. The first-order chi connectivity index (χ1) is 8.16. The minimum absolute atomic E-state index is 0.683. The highest BCUT2D eigenvalue weighted by molar-refractivity contribution is 7.83. The Bertz CT molecular complexity index is 655. The van der Waals surface area contributed by atoms with Crippen LogP contribution in [0.4, 0.5) is 0 Å². The Morgan fingerprint density at radius 2 is 2.06 bits per heavy atom. The minimum atomic E-state index is -0.736. The molecule has 0 bridgehead atoms. The molecule has 0 N–H and O–H groups in total. The molecule has 2 heteroatoms. The topological polar surface area (TPSA) is 17.1 Å². The normalized spacial score (nSPS) is 18.3. The first-order valence-corrected chi connectivity index (χ1v) is 7.20. The van der Waals surface area contributed by atoms with Gasteiger partial charge in [0, 0.05) is 22.3 Å². The number of fused-ring (bicyclic) bond motifs is 2. The Kier molecular flexibility index (Phi) is 2.40. The summed E-state index contributed by atoms with van der Waals surface area (Å²) in [6, 6.07) is 10.5. The lowest BCUT2D eigenvalue weighted by molar-refractivity contribution is 0.684. The Labute approximate surface area is 104 Å². The van der Waals surface area contributed by atoms with E-state index in [0.717, 1.165) is 5.57 Å². The van der Waals surface area contributed by atoms with E-state index in [1.165, 1.54) is 27.5 Å². The summed E-state index contributed by atoms with van der Waals surface area (Å²) >= 11 is 0. The molecule has 0 amide bonds. The van der Waals surface area contributed by atoms with Gasteiger partial charge in [-0.2, -0.15) is 0 Å². The van der Waals surface area contributed by atoms with Gasteiger partial charge in [-0.15, -0.1) is 0 Å². The molecular formula is C15H14OS. The third kappa shape index (κ3) is 1.64. The van der Waals surface area contributed by atoms with Crippen LogP contribution < -0.4 is 0 Å². The summed E-state index contributed by atoms with van der Waals surface area (Å²) in [7, 11) is -0.736. The summed E-state index contributed by atoms with van der Waals surface area (Å²) in [6.07, 6.45) is 0. The monoisotopic (exact) mass is 242 g/mol. The van der Waals surface area contributed by atoms with Crippen LogP contribution in [0.15, 0.2) is 36.9 Å². The molecule has 0 fully saturated rings. The van der Waals surface area contributed by atoms with Gasteiger partial charge >= 0.3 is 0 Å². The molecule has 0 radical (unpaired) electrons. The average Bonchev–Trinajstić information content (AvgIpc) is 2.64. The Morgan fingerprint density at radius 3 is 2.82 bits per heavy atom. The van der Waals surface area contributed by atoms with Crippen LogP contribution in [0.1, 0.15) is 23.6 Å². The molecule has 0 saturated carbocycles. The van der Waals surface area contributed by atoms with E-state index >= 15 is 0 Å². The second-order valence-electron chi connectivity index (χ2n) is 4.62. The van der Waals surface area contributed by atoms with Gasteiger partial charge in [0.1, 0.15) is 0 Å². The van der Waals surface area contributed by atoms with Crippen molar-refractivity contribution in [3.63, 3.8) is 0 Å². The van der Waals surface area contributed by atoms with Crippen molar-refractivity contribution in [2.45, 2.75) is 18.4 Å². The quantitative estimate of drug-likeness (QED) is 0.746. The lowest BCUT2D eigenvalue weighted by Gasteiger charge is -2.12. The van der Waals surface area contributed by atoms with Gasteiger partial charge in [0.05, 0.1) is 0 Å². The van der Waals surface area contributed by atoms with Crippen LogP contribution in [0.3, 0.4) is 0 Å². The zero-order valence-corrected chi connectivity index (χ0v) is 10.6. The summed E-state index contributed by atoms with van der Waals surface area (Å²) in [5.41, 5.74) is 4.76. The van der Waals surface area contributed by atoms with Gasteiger partial charge in [-0.05, 0) is 40.5 Å². The van der Waals surface area contributed by atoms with Crippen molar-refractivity contribution < 1.29 is 4.21 Å². The lowest BCUT2D eigenvalue weighted by Crippen LogP contribution is -1.93. The van der Waals surface area contributed by atoms with E-state index in [1.807, 2.05) is 19.1 Å². The number of allylic oxidation sites excluding steroid dienone is 1. The average molecular weight is 242 g/mol. The van der Waals surface area contributed by atoms with Crippen LogP contribution >= 0.6 is 0 Å². The van der Waals surface area contributed by atoms with Crippen LogP contribution in [-0.4, -0.2) is 4.21 Å². The van der Waals surface area contributed by atoms with Crippen molar-refractivity contribution in [1.29, 1.82) is 0 Å². The highest BCUT2D eigenvalue weighted by Gasteiger charge is 2.22. The van der Waals surface area contributed by atoms with Crippen molar-refractivity contribution in [2.75, 3.05) is 0 Å². The van der Waals surface area contributed by atoms with Crippen molar-refractivity contribution in [3.05, 3.63) is 53.6 Å². The fourth-order valence-corrected chi connectivity index (χ4v) is 3.97. The van der Waals surface area contributed by atoms with E-state index in [4.69, 9.17) is 0 Å². The highest BCUT2D eigenvalue weighted by Crippen LogP contribution is 2.35. The van der Waals surface area contributed by atoms with Crippen molar-refractivity contribution >= 4 is 27.1 Å². The van der Waals surface area contributed by atoms with Gasteiger partial charge < -0.3 is 0 Å². The maximum Gasteiger partial charge on any atom is 0.0498 e. The summed E-state index contributed by atoms with van der Waals surface area (Å²) in [5, 5.41) is 2.46. The molecule has 3 rings (SSSR count). The molecule has 1 aliphatic heterocycles. The van der Waals surface area contributed by atoms with Gasteiger partial charge in [-0.3, -0.25) is 4.21 Å². The second-order valence-corrected chi connectivity index (χ2v) is 6.08. The van der Waals surface area contributed by atoms with Crippen LogP contribution in [-0.2, 0) is 22.3 Å². The van der Waals surface area contributed by atoms with Gasteiger partial charge in [0.2, 0.25) is 0 Å². The predicted octanol–water partition coefficient (Wildman–Crippen LogP) is 3.64. The zero-order chi connectivity index (χ0) is 12.0. The van der Waals surface area contributed by atoms with Gasteiger partial charge in [-0.25, -0.2) is 0 Å². The van der Waals surface area contributed by atoms with E-state index in [2.05, 4.69) is 24.8 Å². The van der Waals surface area contributed by atoms with E-state index in [1.54, 1.807) is 0 Å². The van der Waals surface area contributed by atoms with Gasteiger partial charge in [0.15, 0.2) is 0 Å². The van der Waals surface area contributed by atoms with E-state index in [-0.39, 0.29) is 0 Å². The number of hydrogen-bond acceptors (Lipinski definition) is 1. The minimum Gasteiger partial charge on any atom is -0.259 e. The molecule has 0 aliphatic carbocycles. The molecule has 2 aromatic carbocycles. The molecule has 1 aliphatic rings. The molecule has 1 heterocycles. The van der Waals surface area contributed by atoms with Crippen LogP contribution in [0, 0.1) is 0 Å². The molecular weight excluding hydrogens is 228 g/mol. The van der Waals surface area contributed by atoms with Crippen molar-refractivity contribution in [1.82, 2.24) is 0 Å². The molecule has 1 atom stereocenters. The lowest BCUT2D eigenvalue weighted by atomic mass is 9.92. The highest BCUT2D eigenvalue weighted by atomic mass is 32.2. The fraction of sp³-hybridized carbons (Fsp3) is 0.200. The summed E-state index contributed by atoms with van der Waals surface area (Å²) in [6.45, 7) is 6.11. The first-order valence-electron chi connectivity index (χ1n) is 5.71. The van der Waals surface area contributed by atoms with Gasteiger partial charge in [0.25, 0.3) is 0 Å². The smallest absolute Gasteiger partial charge is 0.0498 e. The predicted molar refractivity (Wildman–Crippen MR) is 74.2 cm³/mol. The molecule has 2 aromatic rings. The maximum atomic E-state index is 11.7. The number of rotatable bonds is 1. The molecule has 0 spiro atoms. The van der Waals surface area contributed by atoms with Crippen molar-refractivity contribution in [3.8, 4) is 0 Å². The SMILES string of the molecule is C=C(C)c1c2c(cc3ccccc13)CS(=O)C2. The van der Waals surface area contributed by atoms with E-state index in [0.29, 0.717) is 11.5 Å². The van der Waals surface area contributed by atoms with E-state index < -0.39 is 10.8 Å². The fourth-order valence-electron chi connectivity index (χ4n) is 2.62. The molecule has 0 saturated heterocycles. The number of benzene rings is 2. The molecule has 17 heavy (non-hydrogen) atoms. The van der Waals surface area contributed by atoms with Gasteiger partial charge in [-0.1, -0.05) is 36.4 Å². The second kappa shape index (κ2) is 3.81. The van der Waals surface area contributed by atoms with Crippen LogP contribution in [0.5, 0.6) is 0 Å². The molecule has 1 nitrogen and oxygen atoms in total. The third-order valence-corrected chi connectivity index (χ3v) is 4.54. The Morgan fingerprint density at radius 1 is 1.29 bits per heavy atom. The van der Waals surface area contributed by atoms with Crippen LogP contribution in [0.25, 0.3) is 16.3 Å². The summed E-state index contributed by atoms with van der Waals surface area (Å²) in [4.78, 5) is 0. The van der Waals surface area contributed by atoms with E-state index in [9.17, 15) is 4.21 Å². The number of hydrogen-bond donors (Lipinski definition) is 0. The Hall–Kier alpha value is -1.41. The standard InChI is InChI=1S/C15H14OS/c1-10(2)15-13-6-4-3-5-11(13)7-12-8-17(16)9-14(12)15/h3-7H,1,8-9H2,2H3. The maximum absolute atomic E-state index is 11.7. The summed E-state index contributed by atoms with van der Waals surface area (Å²) < 4.78 is 11.7. The zero-order valence-electron chi connectivity index (χ0n) is 9.82. The molecule has 86 valence electrons. The summed E-state index contributed by atoms with van der Waals surface area (Å²) in [5.74, 6) is 1.38. The van der Waals surface area contributed by atoms with Crippen LogP contribution in [0.2, 0.25) is 0 Å². The largest absolute Gasteiger partial charge is 0.259 e.